The average molecular weight is 404 g/mol. The third-order valence-corrected chi connectivity index (χ3v) is 4.62. The van der Waals surface area contributed by atoms with Crippen molar-refractivity contribution in [3.63, 3.8) is 0 Å². The molecule has 0 saturated heterocycles. The summed E-state index contributed by atoms with van der Waals surface area (Å²) in [5, 5.41) is 10.1. The van der Waals surface area contributed by atoms with Crippen molar-refractivity contribution in [3.05, 3.63) is 55.0 Å². The fourth-order valence-electron chi connectivity index (χ4n) is 2.95. The number of H-pyrrole nitrogens is 1. The number of aromatic nitrogens is 4. The summed E-state index contributed by atoms with van der Waals surface area (Å²) in [6.45, 7) is 3.02. The number of hydrogen-bond donors (Lipinski definition) is 2. The highest BCUT2D eigenvalue weighted by Gasteiger charge is 2.29. The second-order valence-corrected chi connectivity index (χ2v) is 7.23. The monoisotopic (exact) mass is 404 g/mol. The molecule has 0 radical (unpaired) electrons. The largest absolute Gasteiger partial charge is 0.495 e. The standard InChI is InChI=1S/C22H20N4O4/c1-22(2,21(27)28)30-15-4-5-17-13(8-15)10-19(25-17)20-24-7-6-18(26-20)14-9-16(29-3)12-23-11-14/h4-12,25H,1-3H3,(H,27,28). The number of nitrogens with one attached hydrogen (secondary N) is 1. The summed E-state index contributed by atoms with van der Waals surface area (Å²) in [4.78, 5) is 27.8. The van der Waals surface area contributed by atoms with Crippen LogP contribution in [0, 0.1) is 0 Å². The summed E-state index contributed by atoms with van der Waals surface area (Å²) in [5.41, 5.74) is 1.81. The van der Waals surface area contributed by atoms with Crippen LogP contribution >= 0.6 is 0 Å². The maximum atomic E-state index is 11.3. The van der Waals surface area contributed by atoms with Gasteiger partial charge in [-0.15, -0.1) is 0 Å². The van der Waals surface area contributed by atoms with Crippen LogP contribution in [0.5, 0.6) is 11.5 Å². The van der Waals surface area contributed by atoms with Gasteiger partial charge in [-0.3, -0.25) is 4.98 Å². The molecule has 2 N–H and O–H groups in total. The Morgan fingerprint density at radius 2 is 1.93 bits per heavy atom. The highest BCUT2D eigenvalue weighted by molar-refractivity contribution is 5.86. The molecule has 4 rings (SSSR count). The Morgan fingerprint density at radius 3 is 2.70 bits per heavy atom. The lowest BCUT2D eigenvalue weighted by Crippen LogP contribution is -2.37. The number of carbonyl (C=O) groups is 1. The van der Waals surface area contributed by atoms with Crippen molar-refractivity contribution in [3.8, 4) is 34.3 Å². The van der Waals surface area contributed by atoms with Crippen molar-refractivity contribution < 1.29 is 19.4 Å². The maximum Gasteiger partial charge on any atom is 0.347 e. The number of benzene rings is 1. The van der Waals surface area contributed by atoms with E-state index in [2.05, 4.69) is 19.9 Å². The van der Waals surface area contributed by atoms with Crippen molar-refractivity contribution >= 4 is 16.9 Å². The van der Waals surface area contributed by atoms with Crippen LogP contribution in [0.4, 0.5) is 0 Å². The number of fused-ring (bicyclic) bond motifs is 1. The average Bonchev–Trinajstić information content (AvgIpc) is 3.17. The van der Waals surface area contributed by atoms with E-state index in [0.717, 1.165) is 27.9 Å². The molecule has 0 aliphatic rings. The number of carboxylic acid groups (broad SMARTS) is 1. The molecule has 0 saturated carbocycles. The topological polar surface area (TPSA) is 110 Å². The number of rotatable bonds is 6. The fraction of sp³-hybridized carbons (Fsp3) is 0.182. The molecule has 1 aromatic carbocycles. The molecule has 0 spiro atoms. The van der Waals surface area contributed by atoms with Crippen molar-refractivity contribution in [2.45, 2.75) is 19.4 Å². The van der Waals surface area contributed by atoms with E-state index in [1.807, 2.05) is 24.3 Å². The first-order chi connectivity index (χ1) is 14.4. The molecule has 0 aliphatic carbocycles. The smallest absolute Gasteiger partial charge is 0.347 e. The van der Waals surface area contributed by atoms with Crippen LogP contribution in [-0.2, 0) is 4.79 Å². The summed E-state index contributed by atoms with van der Waals surface area (Å²) < 4.78 is 10.9. The van der Waals surface area contributed by atoms with Gasteiger partial charge >= 0.3 is 5.97 Å². The molecule has 30 heavy (non-hydrogen) atoms. The first kappa shape index (κ1) is 19.4. The second-order valence-electron chi connectivity index (χ2n) is 7.23. The summed E-state index contributed by atoms with van der Waals surface area (Å²) in [5.74, 6) is 0.613. The van der Waals surface area contributed by atoms with Crippen molar-refractivity contribution in [2.75, 3.05) is 7.11 Å². The van der Waals surface area contributed by atoms with Gasteiger partial charge in [-0.05, 0) is 50.2 Å². The van der Waals surface area contributed by atoms with Crippen LogP contribution in [0.2, 0.25) is 0 Å². The van der Waals surface area contributed by atoms with E-state index >= 15 is 0 Å². The number of ether oxygens (including phenoxy) is 2. The molecule has 3 aromatic heterocycles. The van der Waals surface area contributed by atoms with E-state index in [0.29, 0.717) is 17.3 Å². The molecular weight excluding hydrogens is 384 g/mol. The van der Waals surface area contributed by atoms with Gasteiger partial charge in [0.25, 0.3) is 0 Å². The number of carboxylic acids is 1. The summed E-state index contributed by atoms with van der Waals surface area (Å²) >= 11 is 0. The zero-order chi connectivity index (χ0) is 21.3. The molecular formula is C22H20N4O4. The molecule has 152 valence electrons. The minimum absolute atomic E-state index is 0.470. The molecule has 3 heterocycles. The lowest BCUT2D eigenvalue weighted by Gasteiger charge is -2.21. The lowest BCUT2D eigenvalue weighted by atomic mass is 10.1. The van der Waals surface area contributed by atoms with Crippen molar-refractivity contribution in [2.24, 2.45) is 0 Å². The first-order valence-corrected chi connectivity index (χ1v) is 9.24. The van der Waals surface area contributed by atoms with Gasteiger partial charge in [-0.1, -0.05) is 0 Å². The van der Waals surface area contributed by atoms with Gasteiger partial charge in [-0.2, -0.15) is 0 Å². The number of nitrogens with zero attached hydrogens (tertiary/aromatic N) is 3. The molecule has 0 atom stereocenters. The SMILES string of the molecule is COc1cncc(-c2ccnc(-c3cc4cc(OC(C)(C)C(=O)O)ccc4[nH]3)n2)c1. The Bertz CT molecular complexity index is 1230. The fourth-order valence-corrected chi connectivity index (χ4v) is 2.95. The lowest BCUT2D eigenvalue weighted by molar-refractivity contribution is -0.152. The molecule has 8 nitrogen and oxygen atoms in total. The summed E-state index contributed by atoms with van der Waals surface area (Å²) in [6.07, 6.45) is 5.04. The predicted octanol–water partition coefficient (Wildman–Crippen LogP) is 3.94. The van der Waals surface area contributed by atoms with Crippen LogP contribution in [0.25, 0.3) is 33.7 Å². The third-order valence-electron chi connectivity index (χ3n) is 4.62. The molecule has 0 amide bonds. The highest BCUT2D eigenvalue weighted by atomic mass is 16.5. The number of aliphatic carboxylic acids is 1. The normalized spacial score (nSPS) is 11.4. The van der Waals surface area contributed by atoms with Crippen LogP contribution in [0.15, 0.2) is 55.0 Å². The van der Waals surface area contributed by atoms with E-state index in [1.165, 1.54) is 13.8 Å². The van der Waals surface area contributed by atoms with Crippen molar-refractivity contribution in [1.29, 1.82) is 0 Å². The number of pyridine rings is 1. The quantitative estimate of drug-likeness (QED) is 0.501. The third kappa shape index (κ3) is 3.80. The van der Waals surface area contributed by atoms with Gasteiger partial charge in [0.15, 0.2) is 11.4 Å². The van der Waals surface area contributed by atoms with Gasteiger partial charge in [0, 0.05) is 28.9 Å². The number of methoxy groups -OCH3 is 1. The van der Waals surface area contributed by atoms with Gasteiger partial charge in [0.1, 0.15) is 11.5 Å². The molecule has 0 bridgehead atoms. The minimum Gasteiger partial charge on any atom is -0.495 e. The molecule has 0 fully saturated rings. The van der Waals surface area contributed by atoms with E-state index in [-0.39, 0.29) is 0 Å². The summed E-state index contributed by atoms with van der Waals surface area (Å²) in [7, 11) is 1.59. The Kier molecular flexibility index (Phi) is 4.83. The van der Waals surface area contributed by atoms with Gasteiger partial charge in [0.2, 0.25) is 0 Å². The summed E-state index contributed by atoms with van der Waals surface area (Å²) in [6, 6.07) is 10.9. The molecule has 0 unspecified atom stereocenters. The zero-order valence-electron chi connectivity index (χ0n) is 16.7. The Morgan fingerprint density at radius 1 is 1.10 bits per heavy atom. The van der Waals surface area contributed by atoms with Gasteiger partial charge in [-0.25, -0.2) is 14.8 Å². The van der Waals surface area contributed by atoms with Crippen LogP contribution in [0.3, 0.4) is 0 Å². The maximum absolute atomic E-state index is 11.3. The second kappa shape index (κ2) is 7.47. The van der Waals surface area contributed by atoms with E-state index in [9.17, 15) is 9.90 Å². The van der Waals surface area contributed by atoms with E-state index in [1.54, 1.807) is 37.8 Å². The molecule has 0 aliphatic heterocycles. The minimum atomic E-state index is -1.32. The van der Waals surface area contributed by atoms with E-state index < -0.39 is 11.6 Å². The number of aromatic amines is 1. The number of hydrogen-bond acceptors (Lipinski definition) is 6. The van der Waals surface area contributed by atoms with E-state index in [4.69, 9.17) is 9.47 Å². The van der Waals surface area contributed by atoms with Crippen molar-refractivity contribution in [1.82, 2.24) is 19.9 Å². The Hall–Kier alpha value is -3.94. The van der Waals surface area contributed by atoms with Gasteiger partial charge < -0.3 is 19.6 Å². The zero-order valence-corrected chi connectivity index (χ0v) is 16.7. The Labute approximate surface area is 172 Å². The predicted molar refractivity (Wildman–Crippen MR) is 111 cm³/mol. The Balaban J connectivity index is 1.67. The molecule has 4 aromatic rings. The van der Waals surface area contributed by atoms with Crippen LogP contribution in [0.1, 0.15) is 13.8 Å². The van der Waals surface area contributed by atoms with Crippen LogP contribution < -0.4 is 9.47 Å². The molecule has 8 heteroatoms. The highest BCUT2D eigenvalue weighted by Crippen LogP contribution is 2.28. The van der Waals surface area contributed by atoms with Crippen LogP contribution in [-0.4, -0.2) is 43.7 Å². The first-order valence-electron chi connectivity index (χ1n) is 9.24. The van der Waals surface area contributed by atoms with Gasteiger partial charge in [0.05, 0.1) is 24.7 Å².